The molecule has 1 unspecified atom stereocenters. The minimum Gasteiger partial charge on any atom is -0.320 e. The van der Waals surface area contributed by atoms with E-state index >= 15 is 0 Å². The van der Waals surface area contributed by atoms with Gasteiger partial charge in [-0.3, -0.25) is 0 Å². The van der Waals surface area contributed by atoms with Crippen molar-refractivity contribution >= 4 is 11.6 Å². The van der Waals surface area contributed by atoms with E-state index < -0.39 is 0 Å². The second kappa shape index (κ2) is 5.59. The van der Waals surface area contributed by atoms with Crippen LogP contribution in [0, 0.1) is 6.92 Å². The molecule has 2 heteroatoms. The molecule has 2 N–H and O–H groups in total. The molecule has 1 saturated carbocycles. The summed E-state index contributed by atoms with van der Waals surface area (Å²) in [5.41, 5.74) is 11.4. The van der Waals surface area contributed by atoms with Crippen LogP contribution in [0.5, 0.6) is 0 Å². The summed E-state index contributed by atoms with van der Waals surface area (Å²) in [5.74, 6) is 0.700. The van der Waals surface area contributed by atoms with Crippen LogP contribution < -0.4 is 5.73 Å². The molecule has 0 amide bonds. The van der Waals surface area contributed by atoms with Crippen LogP contribution in [0.2, 0.25) is 5.02 Å². The highest BCUT2D eigenvalue weighted by molar-refractivity contribution is 6.31. The van der Waals surface area contributed by atoms with Crippen molar-refractivity contribution in [2.45, 2.75) is 38.1 Å². The molecule has 2 aromatic rings. The van der Waals surface area contributed by atoms with Crippen molar-refractivity contribution in [2.24, 2.45) is 5.73 Å². The fourth-order valence-electron chi connectivity index (χ4n) is 2.93. The molecule has 0 bridgehead atoms. The van der Waals surface area contributed by atoms with Crippen molar-refractivity contribution < 1.29 is 0 Å². The Morgan fingerprint density at radius 2 is 1.90 bits per heavy atom. The minimum absolute atomic E-state index is 0.0669. The monoisotopic (exact) mass is 285 g/mol. The predicted octanol–water partition coefficient (Wildman–Crippen LogP) is 4.96. The van der Waals surface area contributed by atoms with E-state index in [4.69, 9.17) is 17.3 Å². The molecular weight excluding hydrogens is 266 g/mol. The van der Waals surface area contributed by atoms with Gasteiger partial charge in [-0.1, -0.05) is 54.4 Å². The van der Waals surface area contributed by atoms with Gasteiger partial charge in [0.2, 0.25) is 0 Å². The maximum atomic E-state index is 6.51. The molecule has 1 aliphatic carbocycles. The number of rotatable bonds is 3. The summed E-state index contributed by atoms with van der Waals surface area (Å²) in [6.07, 6.45) is 3.93. The standard InChI is InChI=1S/C18H20ClN/c1-12-11-14(9-10-17(12)19)18(20)16-8-3-2-7-15(16)13-5-4-6-13/h2-3,7-11,13,18H,4-6,20H2,1H3. The van der Waals surface area contributed by atoms with Gasteiger partial charge in [-0.15, -0.1) is 0 Å². The lowest BCUT2D eigenvalue weighted by Crippen LogP contribution is -2.18. The molecule has 0 heterocycles. The molecule has 1 fully saturated rings. The molecule has 0 aromatic heterocycles. The molecule has 0 aliphatic heterocycles. The molecule has 104 valence electrons. The van der Waals surface area contributed by atoms with Crippen LogP contribution in [0.4, 0.5) is 0 Å². The number of halogens is 1. The lowest BCUT2D eigenvalue weighted by Gasteiger charge is -2.29. The van der Waals surface area contributed by atoms with Gasteiger partial charge in [0, 0.05) is 5.02 Å². The molecule has 20 heavy (non-hydrogen) atoms. The first-order valence-electron chi connectivity index (χ1n) is 7.27. The lowest BCUT2D eigenvalue weighted by atomic mass is 9.76. The van der Waals surface area contributed by atoms with Crippen molar-refractivity contribution in [3.05, 3.63) is 69.7 Å². The van der Waals surface area contributed by atoms with Gasteiger partial charge >= 0.3 is 0 Å². The number of benzene rings is 2. The zero-order chi connectivity index (χ0) is 14.1. The molecule has 2 aromatic carbocycles. The summed E-state index contributed by atoms with van der Waals surface area (Å²) in [7, 11) is 0. The second-order valence-corrected chi connectivity index (χ2v) is 6.15. The van der Waals surface area contributed by atoms with Gasteiger partial charge in [0.05, 0.1) is 6.04 Å². The fourth-order valence-corrected chi connectivity index (χ4v) is 3.04. The molecule has 1 nitrogen and oxygen atoms in total. The Morgan fingerprint density at radius 1 is 1.15 bits per heavy atom. The third-order valence-electron chi connectivity index (χ3n) is 4.42. The van der Waals surface area contributed by atoms with E-state index in [9.17, 15) is 0 Å². The summed E-state index contributed by atoms with van der Waals surface area (Å²) < 4.78 is 0. The third kappa shape index (κ3) is 2.48. The third-order valence-corrected chi connectivity index (χ3v) is 4.84. The Morgan fingerprint density at radius 3 is 2.55 bits per heavy atom. The van der Waals surface area contributed by atoms with Gasteiger partial charge in [0.25, 0.3) is 0 Å². The maximum absolute atomic E-state index is 6.51. The van der Waals surface area contributed by atoms with Crippen LogP contribution in [-0.4, -0.2) is 0 Å². The van der Waals surface area contributed by atoms with Crippen LogP contribution in [-0.2, 0) is 0 Å². The van der Waals surface area contributed by atoms with Crippen LogP contribution in [0.3, 0.4) is 0 Å². The van der Waals surface area contributed by atoms with E-state index in [-0.39, 0.29) is 6.04 Å². The van der Waals surface area contributed by atoms with Gasteiger partial charge in [0.15, 0.2) is 0 Å². The fraction of sp³-hybridized carbons (Fsp3) is 0.333. The quantitative estimate of drug-likeness (QED) is 0.847. The summed E-state index contributed by atoms with van der Waals surface area (Å²) >= 11 is 6.10. The molecule has 0 spiro atoms. The topological polar surface area (TPSA) is 26.0 Å². The van der Waals surface area contributed by atoms with Gasteiger partial charge in [-0.2, -0.15) is 0 Å². The molecule has 1 atom stereocenters. The zero-order valence-corrected chi connectivity index (χ0v) is 12.5. The Labute approximate surface area is 125 Å². The molecular formula is C18H20ClN. The Kier molecular flexibility index (Phi) is 3.82. The minimum atomic E-state index is -0.0669. The first-order chi connectivity index (χ1) is 9.66. The average Bonchev–Trinajstić information content (AvgIpc) is 2.40. The number of nitrogens with two attached hydrogens (primary N) is 1. The largest absolute Gasteiger partial charge is 0.320 e. The van der Waals surface area contributed by atoms with E-state index in [0.29, 0.717) is 5.92 Å². The SMILES string of the molecule is Cc1cc(C(N)c2ccccc2C2CCC2)ccc1Cl. The Hall–Kier alpha value is -1.31. The molecule has 0 radical (unpaired) electrons. The summed E-state index contributed by atoms with van der Waals surface area (Å²) in [4.78, 5) is 0. The van der Waals surface area contributed by atoms with Crippen molar-refractivity contribution in [3.63, 3.8) is 0 Å². The number of hydrogen-bond acceptors (Lipinski definition) is 1. The highest BCUT2D eigenvalue weighted by Gasteiger charge is 2.24. The Balaban J connectivity index is 1.97. The Bertz CT molecular complexity index is 617. The van der Waals surface area contributed by atoms with E-state index in [0.717, 1.165) is 16.1 Å². The molecule has 3 rings (SSSR count). The second-order valence-electron chi connectivity index (χ2n) is 5.74. The van der Waals surface area contributed by atoms with Crippen LogP contribution in [0.15, 0.2) is 42.5 Å². The van der Waals surface area contributed by atoms with Crippen molar-refractivity contribution in [2.75, 3.05) is 0 Å². The van der Waals surface area contributed by atoms with Crippen LogP contribution >= 0.6 is 11.6 Å². The van der Waals surface area contributed by atoms with E-state index in [2.05, 4.69) is 30.3 Å². The van der Waals surface area contributed by atoms with E-state index in [1.807, 2.05) is 19.1 Å². The number of aryl methyl sites for hydroxylation is 1. The first kappa shape index (κ1) is 13.7. The van der Waals surface area contributed by atoms with Gasteiger partial charge in [0.1, 0.15) is 0 Å². The van der Waals surface area contributed by atoms with Gasteiger partial charge in [-0.25, -0.2) is 0 Å². The number of hydrogen-bond donors (Lipinski definition) is 1. The highest BCUT2D eigenvalue weighted by atomic mass is 35.5. The van der Waals surface area contributed by atoms with Crippen molar-refractivity contribution in [1.82, 2.24) is 0 Å². The van der Waals surface area contributed by atoms with Gasteiger partial charge in [-0.05, 0) is 54.0 Å². The summed E-state index contributed by atoms with van der Waals surface area (Å²) in [6.45, 7) is 2.02. The predicted molar refractivity (Wildman–Crippen MR) is 85.3 cm³/mol. The van der Waals surface area contributed by atoms with Crippen LogP contribution in [0.1, 0.15) is 53.5 Å². The van der Waals surface area contributed by atoms with E-state index in [1.165, 1.54) is 30.4 Å². The molecule has 1 aliphatic rings. The highest BCUT2D eigenvalue weighted by Crippen LogP contribution is 2.40. The van der Waals surface area contributed by atoms with Crippen molar-refractivity contribution in [3.8, 4) is 0 Å². The summed E-state index contributed by atoms with van der Waals surface area (Å²) in [6, 6.07) is 14.6. The zero-order valence-electron chi connectivity index (χ0n) is 11.8. The maximum Gasteiger partial charge on any atom is 0.0554 e. The lowest BCUT2D eigenvalue weighted by molar-refractivity contribution is 0.416. The summed E-state index contributed by atoms with van der Waals surface area (Å²) in [5, 5.41) is 0.799. The van der Waals surface area contributed by atoms with Gasteiger partial charge < -0.3 is 5.73 Å². The molecule has 0 saturated heterocycles. The van der Waals surface area contributed by atoms with E-state index in [1.54, 1.807) is 0 Å². The smallest absolute Gasteiger partial charge is 0.0554 e. The normalized spacial score (nSPS) is 16.8. The van der Waals surface area contributed by atoms with Crippen LogP contribution in [0.25, 0.3) is 0 Å². The first-order valence-corrected chi connectivity index (χ1v) is 7.65. The average molecular weight is 286 g/mol. The van der Waals surface area contributed by atoms with Crippen molar-refractivity contribution in [1.29, 1.82) is 0 Å².